The second-order valence-electron chi connectivity index (χ2n) is 14.2. The van der Waals surface area contributed by atoms with Crippen molar-refractivity contribution in [3.63, 3.8) is 0 Å². The number of ketones is 1. The minimum Gasteiger partial charge on any atom is -0.350 e. The fraction of sp³-hybridized carbons (Fsp3) is 0.452. The number of hydrogen-bond donors (Lipinski definition) is 4. The number of hydrogen-bond acceptors (Lipinski definition) is 7. The topological polar surface area (TPSA) is 131 Å². The first-order chi connectivity index (χ1) is 24.7. The number of unbranched alkanes of at least 4 members (excludes halogenated alkanes) is 1. The Morgan fingerprint density at radius 3 is 2.33 bits per heavy atom. The summed E-state index contributed by atoms with van der Waals surface area (Å²) in [4.78, 5) is 46.8. The average molecular weight is 710 g/mol. The van der Waals surface area contributed by atoms with Gasteiger partial charge in [0.15, 0.2) is 5.78 Å². The zero-order valence-electron chi connectivity index (χ0n) is 30.5. The highest BCUT2D eigenvalue weighted by Gasteiger charge is 2.35. The van der Waals surface area contributed by atoms with E-state index in [1.165, 1.54) is 11.1 Å². The van der Waals surface area contributed by atoms with Gasteiger partial charge in [0.2, 0.25) is 11.8 Å². The third-order valence-electron chi connectivity index (χ3n) is 10.3. The van der Waals surface area contributed by atoms with Crippen LogP contribution in [0, 0.1) is 5.92 Å². The molecule has 5 rings (SSSR count). The van der Waals surface area contributed by atoms with Crippen LogP contribution < -0.4 is 22.1 Å². The van der Waals surface area contributed by atoms with Crippen molar-refractivity contribution in [2.45, 2.75) is 106 Å². The molecule has 2 aliphatic rings. The Kier molecular flexibility index (Phi) is 14.1. The number of Topliss-reactive ketones (excluding diaryl/α,β-unsaturated/α-hetero) is 1. The van der Waals surface area contributed by atoms with Gasteiger partial charge in [-0.05, 0) is 96.6 Å². The van der Waals surface area contributed by atoms with Gasteiger partial charge in [-0.3, -0.25) is 14.4 Å². The Morgan fingerprint density at radius 1 is 0.843 bits per heavy atom. The summed E-state index contributed by atoms with van der Waals surface area (Å²) in [6, 6.07) is 21.8. The lowest BCUT2D eigenvalue weighted by atomic mass is 9.90. The smallest absolute Gasteiger partial charge is 0.243 e. The summed E-state index contributed by atoms with van der Waals surface area (Å²) in [6.07, 6.45) is 6.74. The maximum absolute atomic E-state index is 14.5. The van der Waals surface area contributed by atoms with Gasteiger partial charge < -0.3 is 27.0 Å². The van der Waals surface area contributed by atoms with E-state index in [0.29, 0.717) is 57.8 Å². The predicted octanol–water partition coefficient (Wildman–Crippen LogP) is 6.35. The highest BCUT2D eigenvalue weighted by Crippen LogP contribution is 2.36. The molecule has 3 atom stereocenters. The van der Waals surface area contributed by atoms with Gasteiger partial charge in [-0.15, -0.1) is 0 Å². The summed E-state index contributed by atoms with van der Waals surface area (Å²) in [5, 5.41) is 6.80. The van der Waals surface area contributed by atoms with Crippen molar-refractivity contribution in [1.29, 1.82) is 0 Å². The molecule has 2 amide bonds. The van der Waals surface area contributed by atoms with Gasteiger partial charge in [0.25, 0.3) is 0 Å². The highest BCUT2D eigenvalue weighted by atomic mass is 32.2. The molecule has 3 aromatic rings. The molecule has 1 aliphatic carbocycles. The molecule has 0 radical (unpaired) electrons. The van der Waals surface area contributed by atoms with Crippen LogP contribution in [0.4, 0.5) is 0 Å². The van der Waals surface area contributed by atoms with Crippen LogP contribution in [-0.2, 0) is 33.9 Å². The van der Waals surface area contributed by atoms with Crippen LogP contribution in [0.3, 0.4) is 0 Å². The van der Waals surface area contributed by atoms with Gasteiger partial charge in [-0.1, -0.05) is 92.7 Å². The lowest BCUT2D eigenvalue weighted by Crippen LogP contribution is -2.50. The number of nitrogens with one attached hydrogen (secondary N) is 2. The molecule has 0 fully saturated rings. The number of carbonyl (C=O) groups is 3. The van der Waals surface area contributed by atoms with Gasteiger partial charge in [-0.25, -0.2) is 0 Å². The molecule has 0 aromatic heterocycles. The van der Waals surface area contributed by atoms with Crippen molar-refractivity contribution >= 4 is 34.9 Å². The molecule has 0 bridgehead atoms. The average Bonchev–Trinajstić information content (AvgIpc) is 3.55. The summed E-state index contributed by atoms with van der Waals surface area (Å²) in [5.74, 6) is -0.637. The first-order valence-corrected chi connectivity index (χ1v) is 19.4. The van der Waals surface area contributed by atoms with E-state index < -0.39 is 18.0 Å². The monoisotopic (exact) mass is 709 g/mol. The summed E-state index contributed by atoms with van der Waals surface area (Å²) in [7, 11) is 1.73. The van der Waals surface area contributed by atoms with E-state index in [0.717, 1.165) is 51.3 Å². The SMILES string of the molecule is CC(C)c1ccc2c(c1)CNC(=O)[C@H](CC1=CCc3ccccc31)N(C)C(=O)[C@H](CCCCN)CC(=O)[C@H](CCCN)NCc1ccccc1S2. The number of nitrogens with two attached hydrogens (primary N) is 2. The molecule has 272 valence electrons. The molecule has 9 heteroatoms. The molecule has 51 heavy (non-hydrogen) atoms. The fourth-order valence-electron chi connectivity index (χ4n) is 7.13. The van der Waals surface area contributed by atoms with Crippen molar-refractivity contribution in [2.24, 2.45) is 17.4 Å². The third kappa shape index (κ3) is 9.98. The number of rotatable bonds is 10. The van der Waals surface area contributed by atoms with Crippen molar-refractivity contribution < 1.29 is 14.4 Å². The highest BCUT2D eigenvalue weighted by molar-refractivity contribution is 7.99. The number of fused-ring (bicyclic) bond motifs is 3. The van der Waals surface area contributed by atoms with E-state index in [1.54, 1.807) is 23.7 Å². The van der Waals surface area contributed by atoms with Crippen LogP contribution in [-0.4, -0.2) is 54.7 Å². The van der Waals surface area contributed by atoms with Crippen LogP contribution in [0.1, 0.15) is 92.5 Å². The minimum atomic E-state index is -0.756. The standard InChI is InChI=1S/C42H55N5O3S/c1-28(2)30-19-20-40-34(23-30)27-46-41(49)37(24-31-18-17-29-11-4-6-14-35(29)31)47(3)42(50)32(12-8-9-21-43)25-38(48)36(15-10-22-44)45-26-33-13-5-7-16-39(33)51-40/h4-7,11,13-14,16,18-20,23,28,32,36-37,45H,8-10,12,15,17,21-22,24-27,43-44H2,1-3H3,(H,46,49)/t32-,36+,37+/m1/s1. The summed E-state index contributed by atoms with van der Waals surface area (Å²) in [6.45, 7) is 6.17. The van der Waals surface area contributed by atoms with E-state index in [9.17, 15) is 14.4 Å². The predicted molar refractivity (Wildman–Crippen MR) is 207 cm³/mol. The van der Waals surface area contributed by atoms with Gasteiger partial charge in [0.1, 0.15) is 6.04 Å². The maximum Gasteiger partial charge on any atom is 0.243 e. The molecule has 0 saturated carbocycles. The fourth-order valence-corrected chi connectivity index (χ4v) is 8.19. The van der Waals surface area contributed by atoms with Crippen molar-refractivity contribution in [1.82, 2.24) is 15.5 Å². The largest absolute Gasteiger partial charge is 0.350 e. The Hall–Kier alpha value is -3.76. The number of likely N-dealkylation sites (N-methyl/N-ethyl adjacent to an activating group) is 1. The van der Waals surface area contributed by atoms with Crippen molar-refractivity contribution in [3.8, 4) is 0 Å². The van der Waals surface area contributed by atoms with Crippen LogP contribution >= 0.6 is 11.8 Å². The first-order valence-electron chi connectivity index (χ1n) is 18.6. The van der Waals surface area contributed by atoms with Crippen molar-refractivity contribution in [3.05, 3.63) is 101 Å². The van der Waals surface area contributed by atoms with E-state index in [-0.39, 0.29) is 24.0 Å². The summed E-state index contributed by atoms with van der Waals surface area (Å²) in [5.41, 5.74) is 18.5. The number of benzene rings is 3. The minimum absolute atomic E-state index is 0.00242. The van der Waals surface area contributed by atoms with Crippen molar-refractivity contribution in [2.75, 3.05) is 20.1 Å². The van der Waals surface area contributed by atoms with E-state index in [2.05, 4.69) is 73.0 Å². The lowest BCUT2D eigenvalue weighted by molar-refractivity contribution is -0.143. The van der Waals surface area contributed by atoms with Gasteiger partial charge in [0.05, 0.1) is 6.04 Å². The molecule has 0 spiro atoms. The molecule has 3 aromatic carbocycles. The van der Waals surface area contributed by atoms with E-state index in [4.69, 9.17) is 11.5 Å². The van der Waals surface area contributed by atoms with Crippen LogP contribution in [0.5, 0.6) is 0 Å². The van der Waals surface area contributed by atoms with Gasteiger partial charge in [-0.2, -0.15) is 0 Å². The third-order valence-corrected chi connectivity index (χ3v) is 11.5. The molecular formula is C42H55N5O3S. The van der Waals surface area contributed by atoms with E-state index >= 15 is 0 Å². The Balaban J connectivity index is 1.56. The molecule has 1 heterocycles. The molecule has 0 unspecified atom stereocenters. The summed E-state index contributed by atoms with van der Waals surface area (Å²) >= 11 is 1.67. The first kappa shape index (κ1) is 38.5. The lowest BCUT2D eigenvalue weighted by Gasteiger charge is -2.32. The van der Waals surface area contributed by atoms with Crippen LogP contribution in [0.15, 0.2) is 82.6 Å². The normalized spacial score (nSPS) is 20.4. The zero-order chi connectivity index (χ0) is 36.3. The second-order valence-corrected chi connectivity index (χ2v) is 15.3. The number of carbonyl (C=O) groups excluding carboxylic acids is 3. The molecule has 6 N–H and O–H groups in total. The Labute approximate surface area is 308 Å². The van der Waals surface area contributed by atoms with Gasteiger partial charge in [0, 0.05) is 48.7 Å². The molecule has 1 aliphatic heterocycles. The molecular weight excluding hydrogens is 655 g/mol. The maximum atomic E-state index is 14.5. The van der Waals surface area contributed by atoms with Crippen LogP contribution in [0.25, 0.3) is 5.57 Å². The Bertz CT molecular complexity index is 1710. The number of amides is 2. The number of allylic oxidation sites excluding steroid dienone is 1. The second kappa shape index (κ2) is 18.6. The van der Waals surface area contributed by atoms with E-state index in [1.807, 2.05) is 24.3 Å². The molecule has 0 saturated heterocycles. The zero-order valence-corrected chi connectivity index (χ0v) is 31.3. The Morgan fingerprint density at radius 2 is 1.57 bits per heavy atom. The summed E-state index contributed by atoms with van der Waals surface area (Å²) < 4.78 is 0. The van der Waals surface area contributed by atoms with Crippen LogP contribution in [0.2, 0.25) is 0 Å². The number of nitrogens with zero attached hydrogens (tertiary/aromatic N) is 1. The van der Waals surface area contributed by atoms with Gasteiger partial charge >= 0.3 is 0 Å². The quantitative estimate of drug-likeness (QED) is 0.181. The molecule has 8 nitrogen and oxygen atoms in total.